The molecule has 0 N–H and O–H groups in total. The van der Waals surface area contributed by atoms with Gasteiger partial charge in [-0.05, 0) is 64.7 Å². The normalized spacial score (nSPS) is 12.9. The lowest BCUT2D eigenvalue weighted by Crippen LogP contribution is -2.16. The van der Waals surface area contributed by atoms with E-state index in [1.807, 2.05) is 72.8 Å². The van der Waals surface area contributed by atoms with Gasteiger partial charge < -0.3 is 9.32 Å². The molecule has 0 aliphatic heterocycles. The van der Waals surface area contributed by atoms with E-state index in [4.69, 9.17) is 19.4 Å². The molecule has 252 valence electrons. The number of furan rings is 1. The molecule has 0 atom stereocenters. The van der Waals surface area contributed by atoms with E-state index in [0.717, 1.165) is 55.7 Å². The highest BCUT2D eigenvalue weighted by Crippen LogP contribution is 2.51. The van der Waals surface area contributed by atoms with Gasteiger partial charge in [-0.3, -0.25) is 0 Å². The molecule has 53 heavy (non-hydrogen) atoms. The molecule has 5 heteroatoms. The topological polar surface area (TPSA) is 55.1 Å². The van der Waals surface area contributed by atoms with E-state index >= 15 is 0 Å². The number of rotatable bonds is 6. The summed E-state index contributed by atoms with van der Waals surface area (Å²) in [7, 11) is 0. The molecular weight excluding hydrogens is 649 g/mol. The first-order valence-corrected chi connectivity index (χ1v) is 18.0. The minimum Gasteiger partial charge on any atom is -0.456 e. The van der Waals surface area contributed by atoms with Crippen LogP contribution in [0.25, 0.3) is 67.2 Å². The van der Waals surface area contributed by atoms with Crippen LogP contribution in [0.1, 0.15) is 25.0 Å². The van der Waals surface area contributed by atoms with E-state index in [1.54, 1.807) is 0 Å². The first kappa shape index (κ1) is 30.9. The predicted molar refractivity (Wildman–Crippen MR) is 216 cm³/mol. The third kappa shape index (κ3) is 5.12. The van der Waals surface area contributed by atoms with E-state index < -0.39 is 0 Å². The summed E-state index contributed by atoms with van der Waals surface area (Å²) in [4.78, 5) is 17.3. The van der Waals surface area contributed by atoms with E-state index in [2.05, 4.69) is 116 Å². The van der Waals surface area contributed by atoms with Crippen LogP contribution in [0.4, 0.5) is 17.1 Å². The zero-order valence-electron chi connectivity index (χ0n) is 29.4. The lowest BCUT2D eigenvalue weighted by atomic mass is 9.82. The van der Waals surface area contributed by atoms with Crippen molar-refractivity contribution >= 4 is 39.0 Å². The lowest BCUT2D eigenvalue weighted by Gasteiger charge is -2.28. The van der Waals surface area contributed by atoms with Crippen molar-refractivity contribution in [2.24, 2.45) is 0 Å². The van der Waals surface area contributed by atoms with Crippen molar-refractivity contribution in [3.8, 4) is 45.3 Å². The van der Waals surface area contributed by atoms with Crippen LogP contribution in [-0.2, 0) is 5.41 Å². The number of anilines is 3. The minimum atomic E-state index is -0.112. The van der Waals surface area contributed by atoms with Crippen molar-refractivity contribution in [3.63, 3.8) is 0 Å². The van der Waals surface area contributed by atoms with Gasteiger partial charge in [0.25, 0.3) is 0 Å². The summed E-state index contributed by atoms with van der Waals surface area (Å²) < 4.78 is 6.66. The maximum Gasteiger partial charge on any atom is 0.164 e. The van der Waals surface area contributed by atoms with Gasteiger partial charge in [-0.1, -0.05) is 135 Å². The smallest absolute Gasteiger partial charge is 0.164 e. The van der Waals surface area contributed by atoms with Crippen LogP contribution in [0.3, 0.4) is 0 Å². The van der Waals surface area contributed by atoms with Crippen LogP contribution in [0, 0.1) is 0 Å². The second kappa shape index (κ2) is 12.1. The molecule has 10 rings (SSSR count). The fourth-order valence-electron chi connectivity index (χ4n) is 7.92. The summed E-state index contributed by atoms with van der Waals surface area (Å²) in [6.45, 7) is 4.65. The summed E-state index contributed by atoms with van der Waals surface area (Å²) in [6.07, 6.45) is 0. The van der Waals surface area contributed by atoms with E-state index in [0.29, 0.717) is 17.5 Å². The maximum atomic E-state index is 6.66. The standard InChI is InChI=1S/C48H34N4O/c1-48(2)40-23-13-12-21-36(40)37-27-25-34(29-41(37)48)52(33-19-10-5-11-20-33)35-26-28-38-43(30-35)53-42-24-14-22-39(44(38)42)47-50-45(31-15-6-3-7-16-31)49-46(51-47)32-17-8-4-9-18-32/h3-30H,1-2H3. The summed E-state index contributed by atoms with van der Waals surface area (Å²) in [5, 5.41) is 1.97. The Balaban J connectivity index is 1.13. The molecular formula is C48H34N4O. The van der Waals surface area contributed by atoms with Crippen molar-refractivity contribution in [1.29, 1.82) is 0 Å². The van der Waals surface area contributed by atoms with Crippen molar-refractivity contribution in [3.05, 3.63) is 181 Å². The average molecular weight is 683 g/mol. The Morgan fingerprint density at radius 2 is 1.00 bits per heavy atom. The number of aromatic nitrogens is 3. The molecule has 0 saturated heterocycles. The highest BCUT2D eigenvalue weighted by Gasteiger charge is 2.35. The highest BCUT2D eigenvalue weighted by molar-refractivity contribution is 6.12. The first-order chi connectivity index (χ1) is 26.0. The molecule has 9 aromatic rings. The van der Waals surface area contributed by atoms with E-state index in [-0.39, 0.29) is 5.41 Å². The molecule has 0 radical (unpaired) electrons. The second-order valence-corrected chi connectivity index (χ2v) is 14.1. The van der Waals surface area contributed by atoms with Crippen molar-refractivity contribution in [1.82, 2.24) is 15.0 Å². The second-order valence-electron chi connectivity index (χ2n) is 14.1. The van der Waals surface area contributed by atoms with E-state index in [1.165, 1.54) is 22.3 Å². The van der Waals surface area contributed by atoms with Crippen LogP contribution in [0.15, 0.2) is 174 Å². The number of hydrogen-bond acceptors (Lipinski definition) is 5. The fourth-order valence-corrected chi connectivity index (χ4v) is 7.92. The average Bonchev–Trinajstić information content (AvgIpc) is 3.70. The van der Waals surface area contributed by atoms with Crippen LogP contribution < -0.4 is 4.90 Å². The van der Waals surface area contributed by atoms with Gasteiger partial charge in [-0.25, -0.2) is 15.0 Å². The van der Waals surface area contributed by atoms with Gasteiger partial charge in [0.05, 0.1) is 0 Å². The van der Waals surface area contributed by atoms with Gasteiger partial charge in [0.1, 0.15) is 11.2 Å². The van der Waals surface area contributed by atoms with Crippen LogP contribution in [0.2, 0.25) is 0 Å². The van der Waals surface area contributed by atoms with Gasteiger partial charge in [-0.2, -0.15) is 0 Å². The minimum absolute atomic E-state index is 0.112. The molecule has 1 aliphatic carbocycles. The highest BCUT2D eigenvalue weighted by atomic mass is 16.3. The van der Waals surface area contributed by atoms with Crippen LogP contribution in [0.5, 0.6) is 0 Å². The SMILES string of the molecule is CC1(C)c2ccccc2-c2ccc(N(c3ccccc3)c3ccc4c(c3)oc3cccc(-c5nc(-c6ccccc6)nc(-c6ccccc6)n5)c34)cc21. The molecule has 0 fully saturated rings. The summed E-state index contributed by atoms with van der Waals surface area (Å²) in [5.74, 6) is 1.85. The van der Waals surface area contributed by atoms with Crippen LogP contribution >= 0.6 is 0 Å². The zero-order valence-corrected chi connectivity index (χ0v) is 29.4. The Hall–Kier alpha value is -6.85. The molecule has 7 aromatic carbocycles. The molecule has 0 bridgehead atoms. The molecule has 2 heterocycles. The summed E-state index contributed by atoms with van der Waals surface area (Å²) >= 11 is 0. The van der Waals surface area contributed by atoms with Gasteiger partial charge in [-0.15, -0.1) is 0 Å². The number of para-hydroxylation sites is 1. The third-order valence-electron chi connectivity index (χ3n) is 10.5. The number of benzene rings is 7. The molecule has 0 saturated carbocycles. The lowest BCUT2D eigenvalue weighted by molar-refractivity contribution is 0.660. The number of fused-ring (bicyclic) bond motifs is 6. The largest absolute Gasteiger partial charge is 0.456 e. The van der Waals surface area contributed by atoms with E-state index in [9.17, 15) is 0 Å². The first-order valence-electron chi connectivity index (χ1n) is 18.0. The molecule has 2 aromatic heterocycles. The van der Waals surface area contributed by atoms with Gasteiger partial charge in [0.15, 0.2) is 17.5 Å². The number of nitrogens with zero attached hydrogens (tertiary/aromatic N) is 4. The molecule has 5 nitrogen and oxygen atoms in total. The number of hydrogen-bond donors (Lipinski definition) is 0. The summed E-state index contributed by atoms with van der Waals surface area (Å²) in [5.41, 5.74) is 12.7. The quantitative estimate of drug-likeness (QED) is 0.175. The molecule has 1 aliphatic rings. The van der Waals surface area contributed by atoms with Crippen LogP contribution in [-0.4, -0.2) is 15.0 Å². The Bertz CT molecular complexity index is 2750. The third-order valence-corrected chi connectivity index (χ3v) is 10.5. The Morgan fingerprint density at radius 1 is 0.434 bits per heavy atom. The molecule has 0 unspecified atom stereocenters. The van der Waals surface area contributed by atoms with Crippen molar-refractivity contribution in [2.75, 3.05) is 4.90 Å². The van der Waals surface area contributed by atoms with Gasteiger partial charge in [0.2, 0.25) is 0 Å². The fraction of sp³-hybridized carbons (Fsp3) is 0.0625. The zero-order chi connectivity index (χ0) is 35.5. The Morgan fingerprint density at radius 3 is 1.72 bits per heavy atom. The Kier molecular flexibility index (Phi) is 7.08. The molecule has 0 spiro atoms. The van der Waals surface area contributed by atoms with Crippen molar-refractivity contribution < 1.29 is 4.42 Å². The molecule has 0 amide bonds. The summed E-state index contributed by atoms with van der Waals surface area (Å²) in [6, 6.07) is 58.9. The van der Waals surface area contributed by atoms with Gasteiger partial charge in [0, 0.05) is 56.0 Å². The monoisotopic (exact) mass is 682 g/mol. The maximum absolute atomic E-state index is 6.66. The Labute approximate surface area is 307 Å². The predicted octanol–water partition coefficient (Wildman–Crippen LogP) is 12.5. The van der Waals surface area contributed by atoms with Gasteiger partial charge >= 0.3 is 0 Å². The van der Waals surface area contributed by atoms with Crippen molar-refractivity contribution in [2.45, 2.75) is 19.3 Å².